The molecule has 0 aliphatic heterocycles. The number of esters is 1. The van der Waals surface area contributed by atoms with Crippen LogP contribution in [0.3, 0.4) is 0 Å². The van der Waals surface area contributed by atoms with Gasteiger partial charge in [-0.3, -0.25) is 4.79 Å². The maximum Gasteiger partial charge on any atom is 0.319 e. The lowest BCUT2D eigenvalue weighted by atomic mass is 9.94. The molecule has 0 aliphatic carbocycles. The first kappa shape index (κ1) is 12.0. The Bertz CT molecular complexity index is 535. The van der Waals surface area contributed by atoms with E-state index in [1.807, 2.05) is 37.4 Å². The lowest BCUT2D eigenvalue weighted by Gasteiger charge is -2.18. The van der Waals surface area contributed by atoms with E-state index < -0.39 is 5.25 Å². The maximum atomic E-state index is 11.5. The Morgan fingerprint density at radius 3 is 2.88 bits per heavy atom. The predicted octanol–water partition coefficient (Wildman–Crippen LogP) is 2.74. The molecule has 0 bridgehead atoms. The highest BCUT2D eigenvalue weighted by atomic mass is 32.1. The second kappa shape index (κ2) is 4.84. The summed E-state index contributed by atoms with van der Waals surface area (Å²) in [6, 6.07) is 8.02. The van der Waals surface area contributed by atoms with Gasteiger partial charge in [-0.1, -0.05) is 19.1 Å². The van der Waals surface area contributed by atoms with Crippen molar-refractivity contribution in [3.8, 4) is 0 Å². The molecule has 90 valence electrons. The summed E-state index contributed by atoms with van der Waals surface area (Å²) in [6.45, 7) is 1.98. The highest BCUT2D eigenvalue weighted by molar-refractivity contribution is 7.81. The fourth-order valence-corrected chi connectivity index (χ4v) is 2.27. The van der Waals surface area contributed by atoms with Crippen LogP contribution in [0.25, 0.3) is 10.9 Å². The van der Waals surface area contributed by atoms with Gasteiger partial charge in [0.1, 0.15) is 5.25 Å². The van der Waals surface area contributed by atoms with Gasteiger partial charge in [-0.05, 0) is 17.7 Å². The number of fused-ring (bicyclic) bond motifs is 1. The van der Waals surface area contributed by atoms with E-state index in [0.29, 0.717) is 0 Å². The van der Waals surface area contributed by atoms with Crippen LogP contribution < -0.4 is 0 Å². The van der Waals surface area contributed by atoms with Gasteiger partial charge in [0.2, 0.25) is 0 Å². The summed E-state index contributed by atoms with van der Waals surface area (Å²) in [5.74, 6) is -0.293. The van der Waals surface area contributed by atoms with Crippen molar-refractivity contribution in [2.24, 2.45) is 0 Å². The minimum Gasteiger partial charge on any atom is -0.468 e. The number of aromatic amines is 1. The number of carbonyl (C=O) groups excluding carboxylic acids is 1. The van der Waals surface area contributed by atoms with E-state index in [4.69, 9.17) is 4.74 Å². The normalized spacial score (nSPS) is 14.5. The molecule has 0 radical (unpaired) electrons. The third kappa shape index (κ3) is 2.17. The van der Waals surface area contributed by atoms with Crippen LogP contribution in [0, 0.1) is 0 Å². The molecule has 2 aromatic rings. The largest absolute Gasteiger partial charge is 0.468 e. The van der Waals surface area contributed by atoms with Crippen LogP contribution >= 0.6 is 12.6 Å². The molecule has 0 saturated heterocycles. The number of nitrogens with one attached hydrogen (secondary N) is 1. The van der Waals surface area contributed by atoms with Crippen molar-refractivity contribution in [1.82, 2.24) is 4.98 Å². The van der Waals surface area contributed by atoms with Crippen molar-refractivity contribution in [2.45, 2.75) is 18.1 Å². The maximum absolute atomic E-state index is 11.5. The van der Waals surface area contributed by atoms with Crippen molar-refractivity contribution >= 4 is 29.5 Å². The first-order valence-electron chi connectivity index (χ1n) is 5.47. The van der Waals surface area contributed by atoms with Gasteiger partial charge >= 0.3 is 5.97 Å². The lowest BCUT2D eigenvalue weighted by Crippen LogP contribution is -2.22. The van der Waals surface area contributed by atoms with Gasteiger partial charge < -0.3 is 9.72 Å². The standard InChI is InChI=1S/C13H15NO2S/c1-8(12(17)13(15)16-2)9-4-3-5-11-10(9)6-7-14-11/h3-8,12,14,17H,1-2H3/t8-,12+/m1/s1. The van der Waals surface area contributed by atoms with E-state index >= 15 is 0 Å². The van der Waals surface area contributed by atoms with Gasteiger partial charge in [0, 0.05) is 23.0 Å². The molecule has 0 fully saturated rings. The Morgan fingerprint density at radius 1 is 1.41 bits per heavy atom. The summed E-state index contributed by atoms with van der Waals surface area (Å²) in [6.07, 6.45) is 1.90. The Morgan fingerprint density at radius 2 is 2.18 bits per heavy atom. The summed E-state index contributed by atoms with van der Waals surface area (Å²) >= 11 is 4.33. The number of rotatable bonds is 3. The zero-order valence-corrected chi connectivity index (χ0v) is 10.7. The monoisotopic (exact) mass is 249 g/mol. The van der Waals surface area contributed by atoms with Gasteiger partial charge in [0.15, 0.2) is 0 Å². The van der Waals surface area contributed by atoms with Crippen LogP contribution in [0.1, 0.15) is 18.4 Å². The van der Waals surface area contributed by atoms with Crippen molar-refractivity contribution in [3.05, 3.63) is 36.0 Å². The Hall–Kier alpha value is -1.42. The first-order valence-corrected chi connectivity index (χ1v) is 5.98. The number of hydrogen-bond donors (Lipinski definition) is 2. The SMILES string of the molecule is COC(=O)[C@@H](S)[C@H](C)c1cccc2[nH]ccc12. The number of hydrogen-bond acceptors (Lipinski definition) is 3. The second-order valence-electron chi connectivity index (χ2n) is 4.04. The molecular weight excluding hydrogens is 234 g/mol. The summed E-state index contributed by atoms with van der Waals surface area (Å²) in [5.41, 5.74) is 2.17. The molecule has 0 saturated carbocycles. The van der Waals surface area contributed by atoms with Gasteiger partial charge in [0.05, 0.1) is 7.11 Å². The molecule has 1 aromatic heterocycles. The van der Waals surface area contributed by atoms with E-state index in [9.17, 15) is 4.79 Å². The quantitative estimate of drug-likeness (QED) is 0.649. The van der Waals surface area contributed by atoms with Crippen LogP contribution in [-0.4, -0.2) is 23.3 Å². The molecule has 2 rings (SSSR count). The molecule has 3 nitrogen and oxygen atoms in total. The van der Waals surface area contributed by atoms with Gasteiger partial charge in [-0.15, -0.1) is 0 Å². The highest BCUT2D eigenvalue weighted by Crippen LogP contribution is 2.29. The van der Waals surface area contributed by atoms with Crippen LogP contribution in [0.2, 0.25) is 0 Å². The lowest BCUT2D eigenvalue weighted by molar-refractivity contribution is -0.140. The van der Waals surface area contributed by atoms with Crippen molar-refractivity contribution < 1.29 is 9.53 Å². The van der Waals surface area contributed by atoms with Crippen LogP contribution in [0.4, 0.5) is 0 Å². The fraction of sp³-hybridized carbons (Fsp3) is 0.308. The minimum absolute atomic E-state index is 0.00489. The fourth-order valence-electron chi connectivity index (χ4n) is 2.00. The number of aromatic nitrogens is 1. The highest BCUT2D eigenvalue weighted by Gasteiger charge is 2.24. The second-order valence-corrected chi connectivity index (χ2v) is 4.60. The predicted molar refractivity (Wildman–Crippen MR) is 71.5 cm³/mol. The van der Waals surface area contributed by atoms with Crippen LogP contribution in [0.5, 0.6) is 0 Å². The number of methoxy groups -OCH3 is 1. The Labute approximate surface area is 106 Å². The van der Waals surface area contributed by atoms with Gasteiger partial charge in [-0.25, -0.2) is 0 Å². The van der Waals surface area contributed by atoms with Crippen molar-refractivity contribution in [1.29, 1.82) is 0 Å². The van der Waals surface area contributed by atoms with Crippen LogP contribution in [0.15, 0.2) is 30.5 Å². The third-order valence-corrected chi connectivity index (χ3v) is 3.69. The van der Waals surface area contributed by atoms with Crippen molar-refractivity contribution in [2.75, 3.05) is 7.11 Å². The third-order valence-electron chi connectivity index (χ3n) is 3.04. The van der Waals surface area contributed by atoms with E-state index in [2.05, 4.69) is 17.6 Å². The van der Waals surface area contributed by atoms with Crippen molar-refractivity contribution in [3.63, 3.8) is 0 Å². The number of carbonyl (C=O) groups is 1. The van der Waals surface area contributed by atoms with Gasteiger partial charge in [0.25, 0.3) is 0 Å². The molecule has 1 N–H and O–H groups in total. The molecule has 0 aliphatic rings. The average Bonchev–Trinajstić information content (AvgIpc) is 2.83. The number of H-pyrrole nitrogens is 1. The first-order chi connectivity index (χ1) is 8.15. The molecule has 4 heteroatoms. The average molecular weight is 249 g/mol. The van der Waals surface area contributed by atoms with E-state index in [1.54, 1.807) is 0 Å². The summed E-state index contributed by atoms with van der Waals surface area (Å²) in [5, 5.41) is 0.684. The molecule has 0 spiro atoms. The summed E-state index contributed by atoms with van der Waals surface area (Å²) in [4.78, 5) is 14.7. The molecule has 2 atom stereocenters. The van der Waals surface area contributed by atoms with E-state index in [1.165, 1.54) is 7.11 Å². The molecule has 1 aromatic carbocycles. The number of ether oxygens (including phenoxy) is 1. The Balaban J connectivity index is 2.39. The summed E-state index contributed by atoms with van der Waals surface area (Å²) < 4.78 is 4.73. The zero-order valence-electron chi connectivity index (χ0n) is 9.81. The van der Waals surface area contributed by atoms with Gasteiger partial charge in [-0.2, -0.15) is 12.6 Å². The molecule has 0 amide bonds. The summed E-state index contributed by atoms with van der Waals surface area (Å²) in [7, 11) is 1.38. The topological polar surface area (TPSA) is 42.1 Å². The Kier molecular flexibility index (Phi) is 3.43. The molecule has 17 heavy (non-hydrogen) atoms. The zero-order chi connectivity index (χ0) is 12.4. The van der Waals surface area contributed by atoms with Crippen LogP contribution in [-0.2, 0) is 9.53 Å². The van der Waals surface area contributed by atoms with E-state index in [-0.39, 0.29) is 11.9 Å². The number of benzene rings is 1. The van der Waals surface area contributed by atoms with E-state index in [0.717, 1.165) is 16.5 Å². The molecule has 1 heterocycles. The molecule has 0 unspecified atom stereocenters. The number of thiol groups is 1. The smallest absolute Gasteiger partial charge is 0.319 e. The molecular formula is C13H15NO2S. The minimum atomic E-state index is -0.444.